The smallest absolute Gasteiger partial charge is 0.321 e. The Bertz CT molecular complexity index is 1550. The van der Waals surface area contributed by atoms with Gasteiger partial charge in [-0.2, -0.15) is 0 Å². The molecule has 0 fully saturated rings. The third-order valence-electron chi connectivity index (χ3n) is 6.23. The van der Waals surface area contributed by atoms with Crippen molar-refractivity contribution in [2.24, 2.45) is 0 Å². The molecule has 1 unspecified atom stereocenters. The molecule has 1 atom stereocenters. The fourth-order valence-electron chi connectivity index (χ4n) is 4.75. The highest BCUT2D eigenvalue weighted by Crippen LogP contribution is 2.41. The highest BCUT2D eigenvalue weighted by atomic mass is 19.1. The molecule has 1 N–H and O–H groups in total. The molecule has 0 aliphatic carbocycles. The van der Waals surface area contributed by atoms with E-state index in [1.54, 1.807) is 30.6 Å². The number of nitrogens with one attached hydrogen (secondary N) is 1. The molecule has 6 nitrogen and oxygen atoms in total. The molecule has 5 aromatic rings. The van der Waals surface area contributed by atoms with Gasteiger partial charge < -0.3 is 14.6 Å². The molecule has 3 heterocycles. The van der Waals surface area contributed by atoms with Crippen LogP contribution >= 0.6 is 0 Å². The first-order valence-corrected chi connectivity index (χ1v) is 11.3. The Kier molecular flexibility index (Phi) is 5.22. The van der Waals surface area contributed by atoms with Crippen molar-refractivity contribution < 1.29 is 13.9 Å². The topological polar surface area (TPSA) is 69.0 Å². The maximum atomic E-state index is 13.8. The lowest BCUT2D eigenvalue weighted by Gasteiger charge is -2.15. The molecular formula is C28H21FN4O2. The molecule has 35 heavy (non-hydrogen) atoms. The second kappa shape index (κ2) is 8.68. The molecule has 0 saturated carbocycles. The summed E-state index contributed by atoms with van der Waals surface area (Å²) in [6, 6.07) is 22.2. The first-order chi connectivity index (χ1) is 17.1. The summed E-state index contributed by atoms with van der Waals surface area (Å²) in [5.74, 6) is 0.107. The van der Waals surface area contributed by atoms with E-state index >= 15 is 0 Å². The van der Waals surface area contributed by atoms with E-state index in [9.17, 15) is 9.18 Å². The standard InChI is InChI=1S/C28H21FN4O2/c29-20-7-1-5-18(13-20)16-33-17-23-22(15-26(34)32-24-9-3-10-25(33)27(23)24)19-6-2-8-21(14-19)35-28-30-11-4-12-31-28/h1-14,17,22H,15-16H2,(H,32,34). The van der Waals surface area contributed by atoms with Gasteiger partial charge in [0.15, 0.2) is 0 Å². The van der Waals surface area contributed by atoms with Crippen molar-refractivity contribution in [3.05, 3.63) is 114 Å². The van der Waals surface area contributed by atoms with E-state index in [1.165, 1.54) is 6.07 Å². The Morgan fingerprint density at radius 3 is 2.69 bits per heavy atom. The quantitative estimate of drug-likeness (QED) is 0.352. The van der Waals surface area contributed by atoms with Gasteiger partial charge in [0.25, 0.3) is 0 Å². The molecule has 172 valence electrons. The molecule has 1 amide bonds. The van der Waals surface area contributed by atoms with E-state index in [0.717, 1.165) is 33.3 Å². The van der Waals surface area contributed by atoms with Crippen molar-refractivity contribution in [3.63, 3.8) is 0 Å². The van der Waals surface area contributed by atoms with Crippen LogP contribution in [0.1, 0.15) is 29.0 Å². The first-order valence-electron chi connectivity index (χ1n) is 11.3. The summed E-state index contributed by atoms with van der Waals surface area (Å²) in [5.41, 5.74) is 4.63. The maximum absolute atomic E-state index is 13.8. The fourth-order valence-corrected chi connectivity index (χ4v) is 4.75. The van der Waals surface area contributed by atoms with Crippen molar-refractivity contribution in [3.8, 4) is 11.8 Å². The van der Waals surface area contributed by atoms with E-state index in [4.69, 9.17) is 4.74 Å². The van der Waals surface area contributed by atoms with Gasteiger partial charge in [0.05, 0.1) is 11.2 Å². The summed E-state index contributed by atoms with van der Waals surface area (Å²) >= 11 is 0. The normalized spacial score (nSPS) is 15.0. The first kappa shape index (κ1) is 21.0. The molecule has 0 radical (unpaired) electrons. The average Bonchev–Trinajstić information content (AvgIpc) is 3.15. The molecule has 6 rings (SSSR count). The number of hydrogen-bond acceptors (Lipinski definition) is 4. The van der Waals surface area contributed by atoms with Gasteiger partial charge in [-0.15, -0.1) is 0 Å². The van der Waals surface area contributed by atoms with Crippen molar-refractivity contribution in [2.45, 2.75) is 18.9 Å². The summed E-state index contributed by atoms with van der Waals surface area (Å²) in [6.07, 6.45) is 5.62. The molecule has 0 saturated heterocycles. The molecule has 0 spiro atoms. The number of carbonyl (C=O) groups is 1. The lowest BCUT2D eigenvalue weighted by atomic mass is 9.88. The van der Waals surface area contributed by atoms with Crippen LogP contribution in [0.15, 0.2) is 91.4 Å². The van der Waals surface area contributed by atoms with Crippen molar-refractivity contribution in [2.75, 3.05) is 5.32 Å². The number of nitrogens with zero attached hydrogens (tertiary/aromatic N) is 3. The predicted octanol–water partition coefficient (Wildman–Crippen LogP) is 5.89. The summed E-state index contributed by atoms with van der Waals surface area (Å²) in [7, 11) is 0. The molecule has 1 aliphatic rings. The average molecular weight is 465 g/mol. The monoisotopic (exact) mass is 464 g/mol. The molecule has 1 aliphatic heterocycles. The number of anilines is 1. The second-order valence-electron chi connectivity index (χ2n) is 8.55. The lowest BCUT2D eigenvalue weighted by molar-refractivity contribution is -0.116. The van der Waals surface area contributed by atoms with Crippen molar-refractivity contribution in [1.82, 2.24) is 14.5 Å². The summed E-state index contributed by atoms with van der Waals surface area (Å²) in [4.78, 5) is 21.1. The van der Waals surface area contributed by atoms with Crippen LogP contribution in [0, 0.1) is 5.82 Å². The van der Waals surface area contributed by atoms with Gasteiger partial charge in [-0.25, -0.2) is 14.4 Å². The van der Waals surface area contributed by atoms with E-state index in [0.29, 0.717) is 18.7 Å². The molecular weight excluding hydrogens is 443 g/mol. The Morgan fingerprint density at radius 2 is 1.83 bits per heavy atom. The number of halogens is 1. The molecule has 3 aromatic carbocycles. The van der Waals surface area contributed by atoms with Gasteiger partial charge >= 0.3 is 6.01 Å². The fraction of sp³-hybridized carbons (Fsp3) is 0.107. The van der Waals surface area contributed by atoms with Crippen LogP contribution in [0.3, 0.4) is 0 Å². The number of hydrogen-bond donors (Lipinski definition) is 1. The van der Waals surface area contributed by atoms with Gasteiger partial charge in [-0.1, -0.05) is 30.3 Å². The molecule has 0 bridgehead atoms. The third kappa shape index (κ3) is 4.12. The minimum atomic E-state index is -0.259. The van der Waals surface area contributed by atoms with Crippen LogP contribution < -0.4 is 10.1 Å². The minimum Gasteiger partial charge on any atom is -0.424 e. The van der Waals surface area contributed by atoms with Crippen LogP contribution in [0.25, 0.3) is 10.9 Å². The van der Waals surface area contributed by atoms with Crippen molar-refractivity contribution >= 4 is 22.5 Å². The van der Waals surface area contributed by atoms with E-state index in [2.05, 4.69) is 26.0 Å². The zero-order valence-corrected chi connectivity index (χ0v) is 18.7. The van der Waals surface area contributed by atoms with Gasteiger partial charge in [0, 0.05) is 42.9 Å². The Hall–Kier alpha value is -4.52. The minimum absolute atomic E-state index is 0.0481. The summed E-state index contributed by atoms with van der Waals surface area (Å²) < 4.78 is 21.8. The predicted molar refractivity (Wildman–Crippen MR) is 131 cm³/mol. The Labute approximate surface area is 201 Å². The largest absolute Gasteiger partial charge is 0.424 e. The number of amides is 1. The second-order valence-corrected chi connectivity index (χ2v) is 8.55. The van der Waals surface area contributed by atoms with Crippen LogP contribution in [0.5, 0.6) is 11.8 Å². The maximum Gasteiger partial charge on any atom is 0.321 e. The van der Waals surface area contributed by atoms with Crippen LogP contribution in [0.4, 0.5) is 10.1 Å². The van der Waals surface area contributed by atoms with E-state index in [-0.39, 0.29) is 23.7 Å². The van der Waals surface area contributed by atoms with Gasteiger partial charge in [0.1, 0.15) is 11.6 Å². The SMILES string of the molecule is O=C1CC(c2cccc(Oc3ncccn3)c2)c2cn(Cc3cccc(F)c3)c3cccc(c23)N1. The van der Waals surface area contributed by atoms with Gasteiger partial charge in [-0.05, 0) is 59.2 Å². The van der Waals surface area contributed by atoms with E-state index in [1.807, 2.05) is 48.5 Å². The number of aromatic nitrogens is 3. The molecule has 7 heteroatoms. The van der Waals surface area contributed by atoms with Crippen LogP contribution in [-0.4, -0.2) is 20.4 Å². The zero-order chi connectivity index (χ0) is 23.8. The summed E-state index contributed by atoms with van der Waals surface area (Å²) in [6.45, 7) is 0.521. The zero-order valence-electron chi connectivity index (χ0n) is 18.7. The number of rotatable bonds is 5. The van der Waals surface area contributed by atoms with Gasteiger partial charge in [-0.3, -0.25) is 4.79 Å². The van der Waals surface area contributed by atoms with Crippen LogP contribution in [0.2, 0.25) is 0 Å². The highest BCUT2D eigenvalue weighted by molar-refractivity contribution is 6.06. The highest BCUT2D eigenvalue weighted by Gasteiger charge is 2.28. The number of benzene rings is 3. The van der Waals surface area contributed by atoms with E-state index < -0.39 is 0 Å². The molecule has 2 aromatic heterocycles. The number of ether oxygens (including phenoxy) is 1. The Morgan fingerprint density at radius 1 is 1.00 bits per heavy atom. The van der Waals surface area contributed by atoms with Gasteiger partial charge in [0.2, 0.25) is 5.91 Å². The van der Waals surface area contributed by atoms with Crippen LogP contribution in [-0.2, 0) is 11.3 Å². The Balaban J connectivity index is 1.44. The third-order valence-corrected chi connectivity index (χ3v) is 6.23. The summed E-state index contributed by atoms with van der Waals surface area (Å²) in [5, 5.41) is 4.06. The van der Waals surface area contributed by atoms with Crippen molar-refractivity contribution in [1.29, 1.82) is 0 Å². The lowest BCUT2D eigenvalue weighted by Crippen LogP contribution is -2.14. The number of carbonyl (C=O) groups excluding carboxylic acids is 1.